The van der Waals surface area contributed by atoms with E-state index in [-0.39, 0.29) is 17.9 Å². The lowest BCUT2D eigenvalue weighted by Crippen LogP contribution is -2.20. The molecular formula is C11H17N3O3S. The van der Waals surface area contributed by atoms with Gasteiger partial charge in [-0.25, -0.2) is 0 Å². The van der Waals surface area contributed by atoms with Crippen molar-refractivity contribution in [2.45, 2.75) is 44.0 Å². The lowest BCUT2D eigenvalue weighted by molar-refractivity contribution is -0.133. The summed E-state index contributed by atoms with van der Waals surface area (Å²) in [7, 11) is 0. The monoisotopic (exact) mass is 271 g/mol. The quantitative estimate of drug-likeness (QED) is 0.815. The second kappa shape index (κ2) is 5.71. The third-order valence-corrected chi connectivity index (χ3v) is 3.97. The summed E-state index contributed by atoms with van der Waals surface area (Å²) in [5.41, 5.74) is 0. The Morgan fingerprint density at radius 1 is 1.61 bits per heavy atom. The Morgan fingerprint density at radius 2 is 2.39 bits per heavy atom. The number of carboxylic acid groups (broad SMARTS) is 1. The molecule has 0 saturated carbocycles. The summed E-state index contributed by atoms with van der Waals surface area (Å²) in [6.07, 6.45) is 1.83. The van der Waals surface area contributed by atoms with Gasteiger partial charge in [-0.15, -0.1) is 10.2 Å². The molecule has 1 fully saturated rings. The molecule has 1 saturated heterocycles. The van der Waals surface area contributed by atoms with Crippen LogP contribution >= 0.6 is 11.8 Å². The van der Waals surface area contributed by atoms with Gasteiger partial charge in [-0.3, -0.25) is 4.79 Å². The van der Waals surface area contributed by atoms with Crippen molar-refractivity contribution in [2.24, 2.45) is 0 Å². The molecule has 0 amide bonds. The number of rotatable bonds is 5. The van der Waals surface area contributed by atoms with Crippen molar-refractivity contribution in [3.05, 3.63) is 5.82 Å². The van der Waals surface area contributed by atoms with Gasteiger partial charge < -0.3 is 14.4 Å². The number of ether oxygens (including phenoxy) is 1. The minimum Gasteiger partial charge on any atom is -0.481 e. The first kappa shape index (κ1) is 13.4. The van der Waals surface area contributed by atoms with Crippen LogP contribution in [0.5, 0.6) is 0 Å². The van der Waals surface area contributed by atoms with Crippen LogP contribution in [0.2, 0.25) is 0 Å². The average Bonchev–Trinajstić information content (AvgIpc) is 2.91. The predicted octanol–water partition coefficient (Wildman–Crippen LogP) is 1.37. The molecule has 2 heterocycles. The zero-order chi connectivity index (χ0) is 13.1. The van der Waals surface area contributed by atoms with E-state index < -0.39 is 5.97 Å². The summed E-state index contributed by atoms with van der Waals surface area (Å²) < 4.78 is 7.61. The molecule has 0 spiro atoms. The van der Waals surface area contributed by atoms with E-state index in [1.165, 1.54) is 11.8 Å². The van der Waals surface area contributed by atoms with Crippen LogP contribution in [0.15, 0.2) is 5.16 Å². The standard InChI is InChI=1S/C11H17N3O3S/c1-3-9-12-13-11(18-6-10(15)16)14(9)8-4-5-17-7(8)2/h7-8H,3-6H2,1-2H3,(H,15,16). The van der Waals surface area contributed by atoms with Gasteiger partial charge in [-0.1, -0.05) is 18.7 Å². The Morgan fingerprint density at radius 3 is 2.94 bits per heavy atom. The highest BCUT2D eigenvalue weighted by atomic mass is 32.2. The van der Waals surface area contributed by atoms with E-state index in [1.54, 1.807) is 0 Å². The van der Waals surface area contributed by atoms with Crippen molar-refractivity contribution in [1.82, 2.24) is 14.8 Å². The van der Waals surface area contributed by atoms with Crippen LogP contribution in [0.25, 0.3) is 0 Å². The fourth-order valence-corrected chi connectivity index (χ4v) is 2.90. The van der Waals surface area contributed by atoms with E-state index in [1.807, 2.05) is 18.4 Å². The molecule has 2 rings (SSSR count). The Bertz CT molecular complexity index is 435. The van der Waals surface area contributed by atoms with Gasteiger partial charge in [-0.05, 0) is 13.3 Å². The maximum Gasteiger partial charge on any atom is 0.313 e. The molecule has 1 aromatic rings. The zero-order valence-electron chi connectivity index (χ0n) is 10.5. The maximum atomic E-state index is 10.6. The molecule has 2 unspecified atom stereocenters. The number of hydrogen-bond acceptors (Lipinski definition) is 5. The Hall–Kier alpha value is -1.08. The molecule has 1 aromatic heterocycles. The Kier molecular flexibility index (Phi) is 4.23. The number of nitrogens with zero attached hydrogens (tertiary/aromatic N) is 3. The van der Waals surface area contributed by atoms with Crippen LogP contribution in [-0.4, -0.2) is 44.3 Å². The molecule has 1 aliphatic rings. The molecule has 0 radical (unpaired) electrons. The molecule has 0 aliphatic carbocycles. The summed E-state index contributed by atoms with van der Waals surface area (Å²) in [6, 6.07) is 0.214. The van der Waals surface area contributed by atoms with Gasteiger partial charge in [0.15, 0.2) is 5.16 Å². The first-order valence-corrected chi connectivity index (χ1v) is 7.02. The van der Waals surface area contributed by atoms with Crippen LogP contribution in [0.4, 0.5) is 0 Å². The van der Waals surface area contributed by atoms with E-state index >= 15 is 0 Å². The van der Waals surface area contributed by atoms with Gasteiger partial charge >= 0.3 is 5.97 Å². The van der Waals surface area contributed by atoms with Crippen LogP contribution in [0.3, 0.4) is 0 Å². The molecule has 1 aliphatic heterocycles. The zero-order valence-corrected chi connectivity index (χ0v) is 11.3. The number of thioether (sulfide) groups is 1. The van der Waals surface area contributed by atoms with Gasteiger partial charge in [0.25, 0.3) is 0 Å². The number of aromatic nitrogens is 3. The summed E-state index contributed by atoms with van der Waals surface area (Å²) in [5, 5.41) is 17.7. The van der Waals surface area contributed by atoms with E-state index in [4.69, 9.17) is 9.84 Å². The minimum atomic E-state index is -0.844. The molecule has 18 heavy (non-hydrogen) atoms. The van der Waals surface area contributed by atoms with E-state index in [2.05, 4.69) is 10.2 Å². The molecule has 0 aromatic carbocycles. The van der Waals surface area contributed by atoms with Crippen molar-refractivity contribution >= 4 is 17.7 Å². The SMILES string of the molecule is CCc1nnc(SCC(=O)O)n1C1CCOC1C. The van der Waals surface area contributed by atoms with Crippen LogP contribution < -0.4 is 0 Å². The smallest absolute Gasteiger partial charge is 0.313 e. The van der Waals surface area contributed by atoms with Crippen LogP contribution in [-0.2, 0) is 16.0 Å². The topological polar surface area (TPSA) is 77.2 Å². The van der Waals surface area contributed by atoms with Crippen molar-refractivity contribution < 1.29 is 14.6 Å². The van der Waals surface area contributed by atoms with Crippen molar-refractivity contribution in [3.63, 3.8) is 0 Å². The number of hydrogen-bond donors (Lipinski definition) is 1. The number of carbonyl (C=O) groups is 1. The van der Waals surface area contributed by atoms with Crippen LogP contribution in [0, 0.1) is 0 Å². The Labute approximate surface area is 110 Å². The normalized spacial score (nSPS) is 23.4. The molecule has 0 bridgehead atoms. The first-order chi connectivity index (χ1) is 8.63. The lowest BCUT2D eigenvalue weighted by Gasteiger charge is -2.19. The minimum absolute atomic E-state index is 0.00378. The first-order valence-electron chi connectivity index (χ1n) is 6.03. The van der Waals surface area contributed by atoms with Gasteiger partial charge in [0, 0.05) is 13.0 Å². The number of aryl methyl sites for hydroxylation is 1. The maximum absolute atomic E-state index is 10.6. The van der Waals surface area contributed by atoms with Gasteiger partial charge in [0.05, 0.1) is 17.9 Å². The number of carboxylic acids is 1. The predicted molar refractivity (Wildman–Crippen MR) is 66.8 cm³/mol. The van der Waals surface area contributed by atoms with Gasteiger partial charge in [0.1, 0.15) is 5.82 Å². The third kappa shape index (κ3) is 2.67. The highest BCUT2D eigenvalue weighted by molar-refractivity contribution is 7.99. The average molecular weight is 271 g/mol. The van der Waals surface area contributed by atoms with Crippen LogP contribution in [0.1, 0.15) is 32.1 Å². The summed E-state index contributed by atoms with van der Waals surface area (Å²) >= 11 is 1.21. The van der Waals surface area contributed by atoms with E-state index in [0.717, 1.165) is 25.3 Å². The highest BCUT2D eigenvalue weighted by Gasteiger charge is 2.30. The second-order valence-electron chi connectivity index (χ2n) is 4.24. The van der Waals surface area contributed by atoms with Crippen molar-refractivity contribution in [2.75, 3.05) is 12.4 Å². The molecule has 1 N–H and O–H groups in total. The Balaban J connectivity index is 2.24. The summed E-state index contributed by atoms with van der Waals surface area (Å²) in [5.74, 6) is 0.0534. The lowest BCUT2D eigenvalue weighted by atomic mass is 10.1. The van der Waals surface area contributed by atoms with Crippen molar-refractivity contribution in [1.29, 1.82) is 0 Å². The van der Waals surface area contributed by atoms with E-state index in [0.29, 0.717) is 5.16 Å². The molecule has 100 valence electrons. The van der Waals surface area contributed by atoms with Gasteiger partial charge in [0.2, 0.25) is 0 Å². The molecular weight excluding hydrogens is 254 g/mol. The largest absolute Gasteiger partial charge is 0.481 e. The third-order valence-electron chi connectivity index (χ3n) is 3.04. The highest BCUT2D eigenvalue weighted by Crippen LogP contribution is 2.31. The summed E-state index contributed by atoms with van der Waals surface area (Å²) in [4.78, 5) is 10.6. The second-order valence-corrected chi connectivity index (χ2v) is 5.18. The molecule has 7 heteroatoms. The molecule has 2 atom stereocenters. The fourth-order valence-electron chi connectivity index (χ4n) is 2.17. The number of aliphatic carboxylic acids is 1. The fraction of sp³-hybridized carbons (Fsp3) is 0.727. The van der Waals surface area contributed by atoms with E-state index in [9.17, 15) is 4.79 Å². The van der Waals surface area contributed by atoms with Crippen molar-refractivity contribution in [3.8, 4) is 0 Å². The molecule has 6 nitrogen and oxygen atoms in total. The van der Waals surface area contributed by atoms with Gasteiger partial charge in [-0.2, -0.15) is 0 Å². The summed E-state index contributed by atoms with van der Waals surface area (Å²) in [6.45, 7) is 4.78.